The smallest absolute Gasteiger partial charge is 0.226 e. The van der Waals surface area contributed by atoms with Crippen LogP contribution in [0.15, 0.2) is 58.7 Å². The molecule has 1 amide bonds. The third-order valence-corrected chi connectivity index (χ3v) is 4.90. The number of furan rings is 1. The number of hydrogen-bond donors (Lipinski definition) is 1. The third kappa shape index (κ3) is 3.34. The molecule has 4 aromatic rings. The van der Waals surface area contributed by atoms with E-state index in [-0.39, 0.29) is 5.91 Å². The lowest BCUT2D eigenvalue weighted by molar-refractivity contribution is -0.120. The van der Waals surface area contributed by atoms with Crippen molar-refractivity contribution in [2.75, 3.05) is 0 Å². The molecule has 0 unspecified atom stereocenters. The fourth-order valence-corrected chi connectivity index (χ4v) is 3.52. The van der Waals surface area contributed by atoms with Gasteiger partial charge in [0.2, 0.25) is 5.91 Å². The minimum absolute atomic E-state index is 0.0401. The molecule has 1 N–H and O–H groups in total. The Kier molecular flexibility index (Phi) is 4.11. The number of nitrogens with zero attached hydrogens (tertiary/aromatic N) is 2. The molecule has 3 heterocycles. The number of benzene rings is 1. The van der Waals surface area contributed by atoms with Gasteiger partial charge in [0.1, 0.15) is 5.76 Å². The average molecular weight is 351 g/mol. The Morgan fingerprint density at radius 2 is 2.12 bits per heavy atom. The van der Waals surface area contributed by atoms with Crippen molar-refractivity contribution < 1.29 is 9.21 Å². The first-order chi connectivity index (χ1) is 12.2. The first-order valence-corrected chi connectivity index (χ1v) is 8.88. The highest BCUT2D eigenvalue weighted by molar-refractivity contribution is 7.15. The van der Waals surface area contributed by atoms with Crippen molar-refractivity contribution in [1.82, 2.24) is 14.7 Å². The number of aryl methyl sites for hydroxylation is 1. The van der Waals surface area contributed by atoms with Gasteiger partial charge < -0.3 is 9.73 Å². The number of amides is 1. The molecule has 4 rings (SSSR count). The monoisotopic (exact) mass is 351 g/mol. The number of aromatic nitrogens is 2. The Balaban J connectivity index is 1.50. The van der Waals surface area contributed by atoms with E-state index in [2.05, 4.69) is 41.5 Å². The molecule has 0 aliphatic heterocycles. The van der Waals surface area contributed by atoms with E-state index in [9.17, 15) is 4.79 Å². The van der Waals surface area contributed by atoms with Crippen LogP contribution in [0.5, 0.6) is 0 Å². The largest absolute Gasteiger partial charge is 0.467 e. The maximum Gasteiger partial charge on any atom is 0.226 e. The minimum atomic E-state index is -0.0401. The minimum Gasteiger partial charge on any atom is -0.467 e. The summed E-state index contributed by atoms with van der Waals surface area (Å²) < 4.78 is 7.21. The molecule has 0 radical (unpaired) electrons. The van der Waals surface area contributed by atoms with Gasteiger partial charge in [-0.2, -0.15) is 0 Å². The van der Waals surface area contributed by atoms with E-state index in [0.717, 1.165) is 27.7 Å². The molecule has 25 heavy (non-hydrogen) atoms. The summed E-state index contributed by atoms with van der Waals surface area (Å²) in [5.74, 6) is 0.704. The van der Waals surface area contributed by atoms with Crippen molar-refractivity contribution in [3.8, 4) is 11.3 Å². The number of fused-ring (bicyclic) bond motifs is 1. The van der Waals surface area contributed by atoms with E-state index in [1.807, 2.05) is 28.1 Å². The zero-order valence-corrected chi connectivity index (χ0v) is 14.5. The van der Waals surface area contributed by atoms with Gasteiger partial charge in [-0.05, 0) is 19.1 Å². The predicted octanol–water partition coefficient (Wildman–Crippen LogP) is 3.82. The number of nitrogens with one attached hydrogen (secondary N) is 1. The highest BCUT2D eigenvalue weighted by Crippen LogP contribution is 2.24. The SMILES string of the molecule is Cc1ccc(-c2cn3c(CC(=O)NCc4ccco4)csc3n2)cc1. The number of imidazole rings is 1. The van der Waals surface area contributed by atoms with Gasteiger partial charge >= 0.3 is 0 Å². The van der Waals surface area contributed by atoms with E-state index in [0.29, 0.717) is 13.0 Å². The summed E-state index contributed by atoms with van der Waals surface area (Å²) in [6.45, 7) is 2.46. The average Bonchev–Trinajstić information content (AvgIpc) is 3.32. The molecule has 0 aliphatic carbocycles. The van der Waals surface area contributed by atoms with Crippen molar-refractivity contribution in [3.05, 3.63) is 71.3 Å². The number of rotatable bonds is 5. The molecule has 5 nitrogen and oxygen atoms in total. The quantitative estimate of drug-likeness (QED) is 0.594. The predicted molar refractivity (Wildman–Crippen MR) is 97.5 cm³/mol. The van der Waals surface area contributed by atoms with Gasteiger partial charge in [-0.1, -0.05) is 29.8 Å². The van der Waals surface area contributed by atoms with Gasteiger partial charge in [-0.25, -0.2) is 4.98 Å². The number of hydrogen-bond acceptors (Lipinski definition) is 4. The number of carbonyl (C=O) groups is 1. The molecule has 0 spiro atoms. The molecule has 1 aromatic carbocycles. The molecule has 0 fully saturated rings. The van der Waals surface area contributed by atoms with Crippen LogP contribution in [-0.4, -0.2) is 15.3 Å². The van der Waals surface area contributed by atoms with E-state index in [4.69, 9.17) is 4.42 Å². The van der Waals surface area contributed by atoms with E-state index in [1.54, 1.807) is 17.6 Å². The van der Waals surface area contributed by atoms with Gasteiger partial charge in [0.05, 0.1) is 24.9 Å². The van der Waals surface area contributed by atoms with Gasteiger partial charge in [-0.15, -0.1) is 11.3 Å². The highest BCUT2D eigenvalue weighted by atomic mass is 32.1. The van der Waals surface area contributed by atoms with Crippen molar-refractivity contribution in [2.24, 2.45) is 0 Å². The summed E-state index contributed by atoms with van der Waals surface area (Å²) in [6, 6.07) is 11.9. The number of carbonyl (C=O) groups excluding carboxylic acids is 1. The molecule has 0 bridgehead atoms. The molecule has 126 valence electrons. The molecule has 0 saturated heterocycles. The van der Waals surface area contributed by atoms with Gasteiger partial charge in [0, 0.05) is 22.8 Å². The summed E-state index contributed by atoms with van der Waals surface area (Å²) in [6.07, 6.45) is 3.90. The fraction of sp³-hybridized carbons (Fsp3) is 0.158. The van der Waals surface area contributed by atoms with Crippen LogP contribution in [0.25, 0.3) is 16.2 Å². The van der Waals surface area contributed by atoms with Crippen LogP contribution in [0, 0.1) is 6.92 Å². The number of thiazole rings is 1. The first kappa shape index (κ1) is 15.7. The van der Waals surface area contributed by atoms with E-state index >= 15 is 0 Å². The van der Waals surface area contributed by atoms with Crippen LogP contribution in [-0.2, 0) is 17.8 Å². The maximum atomic E-state index is 12.2. The molecule has 6 heteroatoms. The second kappa shape index (κ2) is 6.57. The fourth-order valence-electron chi connectivity index (χ4n) is 2.65. The second-order valence-corrected chi connectivity index (χ2v) is 6.74. The summed E-state index contributed by atoms with van der Waals surface area (Å²) in [4.78, 5) is 17.7. The molecule has 3 aromatic heterocycles. The molecule has 0 saturated carbocycles. The molecule has 0 aliphatic rings. The second-order valence-electron chi connectivity index (χ2n) is 5.90. The standard InChI is InChI=1S/C19H17N3O2S/c1-13-4-6-14(7-5-13)17-11-22-15(12-25-19(22)21-17)9-18(23)20-10-16-3-2-8-24-16/h2-8,11-12H,9-10H2,1H3,(H,20,23). The van der Waals surface area contributed by atoms with Crippen molar-refractivity contribution in [3.63, 3.8) is 0 Å². The summed E-state index contributed by atoms with van der Waals surface area (Å²) >= 11 is 1.54. The topological polar surface area (TPSA) is 59.5 Å². The Labute approximate surface area is 148 Å². The maximum absolute atomic E-state index is 12.2. The van der Waals surface area contributed by atoms with E-state index in [1.165, 1.54) is 5.56 Å². The van der Waals surface area contributed by atoms with Crippen LogP contribution < -0.4 is 5.32 Å². The first-order valence-electron chi connectivity index (χ1n) is 8.00. The third-order valence-electron chi connectivity index (χ3n) is 4.01. The van der Waals surface area contributed by atoms with Crippen molar-refractivity contribution in [1.29, 1.82) is 0 Å². The lowest BCUT2D eigenvalue weighted by Crippen LogP contribution is -2.24. The summed E-state index contributed by atoms with van der Waals surface area (Å²) in [5, 5.41) is 4.85. The van der Waals surface area contributed by atoms with E-state index < -0.39 is 0 Å². The van der Waals surface area contributed by atoms with Gasteiger partial charge in [0.15, 0.2) is 4.96 Å². The Hall–Kier alpha value is -2.86. The molecule has 0 atom stereocenters. The van der Waals surface area contributed by atoms with Crippen LogP contribution in [0.4, 0.5) is 0 Å². The normalized spacial score (nSPS) is 11.1. The molecular weight excluding hydrogens is 334 g/mol. The van der Waals surface area contributed by atoms with Crippen molar-refractivity contribution >= 4 is 22.2 Å². The van der Waals surface area contributed by atoms with Crippen LogP contribution in [0.3, 0.4) is 0 Å². The Morgan fingerprint density at radius 1 is 1.28 bits per heavy atom. The lowest BCUT2D eigenvalue weighted by atomic mass is 10.1. The van der Waals surface area contributed by atoms with Crippen LogP contribution >= 0.6 is 11.3 Å². The highest BCUT2D eigenvalue weighted by Gasteiger charge is 2.12. The van der Waals surface area contributed by atoms with Gasteiger partial charge in [0.25, 0.3) is 0 Å². The summed E-state index contributed by atoms with van der Waals surface area (Å²) in [7, 11) is 0. The lowest BCUT2D eigenvalue weighted by Gasteiger charge is -2.02. The Morgan fingerprint density at radius 3 is 2.88 bits per heavy atom. The van der Waals surface area contributed by atoms with Crippen LogP contribution in [0.2, 0.25) is 0 Å². The molecular formula is C19H17N3O2S. The zero-order chi connectivity index (χ0) is 17.2. The summed E-state index contributed by atoms with van der Waals surface area (Å²) in [5.41, 5.74) is 4.15. The van der Waals surface area contributed by atoms with Crippen LogP contribution in [0.1, 0.15) is 17.0 Å². The van der Waals surface area contributed by atoms with Gasteiger partial charge in [-0.3, -0.25) is 9.20 Å². The zero-order valence-electron chi connectivity index (χ0n) is 13.7. The van der Waals surface area contributed by atoms with Crippen molar-refractivity contribution in [2.45, 2.75) is 19.9 Å². The Bertz CT molecular complexity index is 997.